The van der Waals surface area contributed by atoms with Crippen molar-refractivity contribution < 1.29 is 0 Å². The van der Waals surface area contributed by atoms with E-state index < -0.39 is 0 Å². The first-order valence-corrected chi connectivity index (χ1v) is 6.69. The maximum Gasteiger partial charge on any atom is 0.245 e. The number of aromatic nitrogens is 3. The Balaban J connectivity index is 2.08. The van der Waals surface area contributed by atoms with Crippen molar-refractivity contribution in [3.05, 3.63) is 10.4 Å². The molecule has 0 atom stereocenters. The highest BCUT2D eigenvalue weighted by Crippen LogP contribution is 2.24. The minimum Gasteiger partial charge on any atom is -0.351 e. The van der Waals surface area contributed by atoms with Crippen molar-refractivity contribution in [1.82, 2.24) is 20.1 Å². The lowest BCUT2D eigenvalue weighted by Crippen LogP contribution is -2.53. The van der Waals surface area contributed by atoms with Gasteiger partial charge in [0.05, 0.1) is 0 Å². The Hall–Kier alpha value is -0.650. The van der Waals surface area contributed by atoms with Gasteiger partial charge in [-0.2, -0.15) is 4.98 Å². The van der Waals surface area contributed by atoms with Crippen LogP contribution in [0.3, 0.4) is 0 Å². The first-order chi connectivity index (χ1) is 8.38. The summed E-state index contributed by atoms with van der Waals surface area (Å²) in [4.78, 5) is 8.69. The number of piperazine rings is 1. The minimum atomic E-state index is 0.132. The molecule has 2 heterocycles. The summed E-state index contributed by atoms with van der Waals surface area (Å²) in [6.45, 7) is 10.3. The average molecular weight is 290 g/mol. The van der Waals surface area contributed by atoms with Crippen LogP contribution in [0.4, 0.5) is 5.82 Å². The molecular weight excluding hydrogens is 273 g/mol. The van der Waals surface area contributed by atoms with E-state index in [9.17, 15) is 0 Å². The number of anilines is 1. The highest BCUT2D eigenvalue weighted by atomic mass is 35.5. The Morgan fingerprint density at radius 1 is 1.00 bits per heavy atom. The average Bonchev–Trinajstić information content (AvgIpc) is 2.31. The van der Waals surface area contributed by atoms with Gasteiger partial charge in [0.1, 0.15) is 0 Å². The van der Waals surface area contributed by atoms with E-state index in [-0.39, 0.29) is 10.8 Å². The molecule has 7 heteroatoms. The van der Waals surface area contributed by atoms with Gasteiger partial charge in [0.15, 0.2) is 11.0 Å². The Kier molecular flexibility index (Phi) is 3.94. The van der Waals surface area contributed by atoms with Gasteiger partial charge in [-0.1, -0.05) is 11.6 Å². The highest BCUT2D eigenvalue weighted by Gasteiger charge is 2.27. The molecule has 1 aromatic heterocycles. The first kappa shape index (κ1) is 13.8. The van der Waals surface area contributed by atoms with Crippen LogP contribution < -0.4 is 4.90 Å². The van der Waals surface area contributed by atoms with Gasteiger partial charge in [-0.3, -0.25) is 4.90 Å². The van der Waals surface area contributed by atoms with Gasteiger partial charge in [0.25, 0.3) is 0 Å². The molecule has 0 bridgehead atoms. The lowest BCUT2D eigenvalue weighted by molar-refractivity contribution is 0.128. The quantitative estimate of drug-likeness (QED) is 0.792. The molecule has 0 aromatic carbocycles. The standard InChI is InChI=1S/C11H17Cl2N5/c1-11(2,3)18-6-4-17(5-7-18)9-8(12)15-16-10(13)14-9/h4-7H2,1-3H3. The first-order valence-electron chi connectivity index (χ1n) is 5.93. The number of nitrogens with zero attached hydrogens (tertiary/aromatic N) is 5. The van der Waals surface area contributed by atoms with Crippen LogP contribution in [0.2, 0.25) is 10.4 Å². The zero-order valence-electron chi connectivity index (χ0n) is 10.8. The molecule has 0 amide bonds. The lowest BCUT2D eigenvalue weighted by Gasteiger charge is -2.42. The molecule has 0 saturated carbocycles. The van der Waals surface area contributed by atoms with Gasteiger partial charge in [-0.05, 0) is 32.4 Å². The molecule has 0 spiro atoms. The Bertz CT molecular complexity index is 424. The molecule has 0 radical (unpaired) electrons. The molecular formula is C11H17Cl2N5. The molecule has 2 rings (SSSR count). The number of halogens is 2. The van der Waals surface area contributed by atoms with Crippen LogP contribution >= 0.6 is 23.2 Å². The number of rotatable bonds is 1. The third-order valence-corrected chi connectivity index (χ3v) is 3.54. The second-order valence-electron chi connectivity index (χ2n) is 5.34. The smallest absolute Gasteiger partial charge is 0.245 e. The van der Waals surface area contributed by atoms with E-state index in [0.717, 1.165) is 26.2 Å². The topological polar surface area (TPSA) is 45.2 Å². The van der Waals surface area contributed by atoms with Crippen LogP contribution in [0, 0.1) is 0 Å². The van der Waals surface area contributed by atoms with Crippen molar-refractivity contribution in [2.24, 2.45) is 0 Å². The zero-order chi connectivity index (χ0) is 13.3. The summed E-state index contributed by atoms with van der Waals surface area (Å²) >= 11 is 11.8. The summed E-state index contributed by atoms with van der Waals surface area (Å²) in [5.41, 5.74) is 0.192. The second-order valence-corrected chi connectivity index (χ2v) is 6.04. The fraction of sp³-hybridized carbons (Fsp3) is 0.727. The maximum atomic E-state index is 6.01. The summed E-state index contributed by atoms with van der Waals surface area (Å²) in [5, 5.41) is 7.85. The molecule has 0 aliphatic carbocycles. The largest absolute Gasteiger partial charge is 0.351 e. The molecule has 0 unspecified atom stereocenters. The predicted molar refractivity (Wildman–Crippen MR) is 73.4 cm³/mol. The van der Waals surface area contributed by atoms with Crippen molar-refractivity contribution in [3.8, 4) is 0 Å². The molecule has 0 N–H and O–H groups in total. The highest BCUT2D eigenvalue weighted by molar-refractivity contribution is 6.32. The van der Waals surface area contributed by atoms with Crippen molar-refractivity contribution in [3.63, 3.8) is 0 Å². The third kappa shape index (κ3) is 3.02. The third-order valence-electron chi connectivity index (χ3n) is 3.13. The van der Waals surface area contributed by atoms with Crippen molar-refractivity contribution in [1.29, 1.82) is 0 Å². The fourth-order valence-corrected chi connectivity index (χ4v) is 2.39. The monoisotopic (exact) mass is 289 g/mol. The van der Waals surface area contributed by atoms with Crippen LogP contribution in [0.15, 0.2) is 0 Å². The van der Waals surface area contributed by atoms with Gasteiger partial charge < -0.3 is 4.90 Å². The second kappa shape index (κ2) is 5.15. The molecule has 1 saturated heterocycles. The van der Waals surface area contributed by atoms with Gasteiger partial charge in [0, 0.05) is 31.7 Å². The maximum absolute atomic E-state index is 6.01. The van der Waals surface area contributed by atoms with Crippen molar-refractivity contribution >= 4 is 29.0 Å². The van der Waals surface area contributed by atoms with E-state index in [1.165, 1.54) is 0 Å². The van der Waals surface area contributed by atoms with Crippen molar-refractivity contribution in [2.75, 3.05) is 31.1 Å². The lowest BCUT2D eigenvalue weighted by atomic mass is 10.1. The van der Waals surface area contributed by atoms with Crippen LogP contribution in [-0.2, 0) is 0 Å². The molecule has 1 aliphatic rings. The molecule has 1 aromatic rings. The molecule has 18 heavy (non-hydrogen) atoms. The predicted octanol–water partition coefficient (Wildman–Crippen LogP) is 2.10. The van der Waals surface area contributed by atoms with Crippen LogP contribution in [-0.4, -0.2) is 51.8 Å². The van der Waals surface area contributed by atoms with E-state index in [2.05, 4.69) is 45.8 Å². The van der Waals surface area contributed by atoms with Gasteiger partial charge >= 0.3 is 0 Å². The van der Waals surface area contributed by atoms with Gasteiger partial charge in [-0.15, -0.1) is 10.2 Å². The Labute approximate surface area is 117 Å². The van der Waals surface area contributed by atoms with E-state index in [0.29, 0.717) is 11.0 Å². The summed E-state index contributed by atoms with van der Waals surface area (Å²) < 4.78 is 0. The summed E-state index contributed by atoms with van der Waals surface area (Å²) in [6, 6.07) is 0. The summed E-state index contributed by atoms with van der Waals surface area (Å²) in [7, 11) is 0. The van der Waals surface area contributed by atoms with Crippen molar-refractivity contribution in [2.45, 2.75) is 26.3 Å². The van der Waals surface area contributed by atoms with Gasteiger partial charge in [0.2, 0.25) is 5.28 Å². The number of hydrogen-bond acceptors (Lipinski definition) is 5. The summed E-state index contributed by atoms with van der Waals surface area (Å²) in [6.07, 6.45) is 0. The molecule has 5 nitrogen and oxygen atoms in total. The van der Waals surface area contributed by atoms with Crippen LogP contribution in [0.5, 0.6) is 0 Å². The zero-order valence-corrected chi connectivity index (χ0v) is 12.3. The molecule has 1 fully saturated rings. The number of hydrogen-bond donors (Lipinski definition) is 0. The molecule has 100 valence electrons. The van der Waals surface area contributed by atoms with E-state index in [1.54, 1.807) is 0 Å². The van der Waals surface area contributed by atoms with Gasteiger partial charge in [-0.25, -0.2) is 0 Å². The normalized spacial score (nSPS) is 18.2. The fourth-order valence-electron chi connectivity index (χ4n) is 2.08. The van der Waals surface area contributed by atoms with E-state index in [4.69, 9.17) is 23.2 Å². The molecule has 1 aliphatic heterocycles. The van der Waals surface area contributed by atoms with Crippen LogP contribution in [0.1, 0.15) is 20.8 Å². The van der Waals surface area contributed by atoms with E-state index >= 15 is 0 Å². The Morgan fingerprint density at radius 3 is 2.17 bits per heavy atom. The SMILES string of the molecule is CC(C)(C)N1CCN(c2nc(Cl)nnc2Cl)CC1. The Morgan fingerprint density at radius 2 is 1.61 bits per heavy atom. The summed E-state index contributed by atoms with van der Waals surface area (Å²) in [5.74, 6) is 0.630. The van der Waals surface area contributed by atoms with Crippen LogP contribution in [0.25, 0.3) is 0 Å². The van der Waals surface area contributed by atoms with E-state index in [1.807, 2.05) is 0 Å². The minimum absolute atomic E-state index is 0.132.